The Kier molecular flexibility index (Phi) is 3.70. The van der Waals surface area contributed by atoms with Crippen LogP contribution in [-0.2, 0) is 4.79 Å². The fourth-order valence-corrected chi connectivity index (χ4v) is 2.11. The molecule has 3 nitrogen and oxygen atoms in total. The molecule has 0 aliphatic carbocycles. The van der Waals surface area contributed by atoms with Gasteiger partial charge in [0, 0.05) is 6.20 Å². The van der Waals surface area contributed by atoms with Gasteiger partial charge in [-0.25, -0.2) is 0 Å². The van der Waals surface area contributed by atoms with Gasteiger partial charge >= 0.3 is 0 Å². The first-order valence-corrected chi connectivity index (χ1v) is 5.90. The smallest absolute Gasteiger partial charge is 0.144 e. The van der Waals surface area contributed by atoms with Crippen LogP contribution in [0.4, 0.5) is 0 Å². The van der Waals surface area contributed by atoms with E-state index in [2.05, 4.69) is 24.2 Å². The van der Waals surface area contributed by atoms with Crippen molar-refractivity contribution >= 4 is 12.5 Å². The number of benzene rings is 1. The third-order valence-corrected chi connectivity index (χ3v) is 2.88. The first kappa shape index (κ1) is 11.6. The number of carbonyl (C=O) groups excluding carboxylic acids is 1. The van der Waals surface area contributed by atoms with E-state index in [-0.39, 0.29) is 6.04 Å². The molecule has 0 radical (unpaired) electrons. The number of fused-ring (bicyclic) bond motifs is 1. The van der Waals surface area contributed by atoms with Crippen LogP contribution < -0.4 is 0 Å². The van der Waals surface area contributed by atoms with Crippen molar-refractivity contribution in [3.05, 3.63) is 47.7 Å². The largest absolute Gasteiger partial charge is 0.299 e. The van der Waals surface area contributed by atoms with Gasteiger partial charge in [-0.1, -0.05) is 37.6 Å². The molecule has 0 bridgehead atoms. The van der Waals surface area contributed by atoms with Gasteiger partial charge in [-0.05, 0) is 23.6 Å². The molecule has 0 saturated heterocycles. The molecule has 1 atom stereocenters. The van der Waals surface area contributed by atoms with Crippen molar-refractivity contribution in [3.63, 3.8) is 0 Å². The second-order valence-corrected chi connectivity index (χ2v) is 4.04. The summed E-state index contributed by atoms with van der Waals surface area (Å²) in [6.45, 7) is 2.16. The van der Waals surface area contributed by atoms with Crippen LogP contribution in [0.15, 0.2) is 41.6 Å². The van der Waals surface area contributed by atoms with E-state index in [1.165, 1.54) is 17.2 Å². The maximum Gasteiger partial charge on any atom is 0.144 e. The number of allylic oxidation sites excluding steroid dienone is 1. The highest BCUT2D eigenvalue weighted by Crippen LogP contribution is 2.31. The van der Waals surface area contributed by atoms with Crippen LogP contribution in [0.1, 0.15) is 36.9 Å². The quantitative estimate of drug-likeness (QED) is 0.586. The second-order valence-electron chi connectivity index (χ2n) is 4.04. The van der Waals surface area contributed by atoms with E-state index in [4.69, 9.17) is 0 Å². The molecule has 1 aliphatic heterocycles. The Balaban J connectivity index is 2.34. The zero-order valence-corrected chi connectivity index (χ0v) is 9.91. The number of carbonyl (C=O) groups is 1. The molecule has 1 aromatic carbocycles. The molecule has 0 N–H and O–H groups in total. The van der Waals surface area contributed by atoms with Crippen LogP contribution in [0.3, 0.4) is 0 Å². The summed E-state index contributed by atoms with van der Waals surface area (Å²) in [6, 6.07) is 8.50. The zero-order chi connectivity index (χ0) is 12.1. The van der Waals surface area contributed by atoms with E-state index < -0.39 is 0 Å². The highest BCUT2D eigenvalue weighted by atomic mass is 16.1. The van der Waals surface area contributed by atoms with Gasteiger partial charge in [0.15, 0.2) is 0 Å². The van der Waals surface area contributed by atoms with Crippen LogP contribution in [0.25, 0.3) is 0 Å². The molecule has 0 amide bonds. The number of hydrogen-bond acceptors (Lipinski definition) is 3. The number of hydrogen-bond donors (Lipinski definition) is 0. The van der Waals surface area contributed by atoms with Gasteiger partial charge in [-0.15, -0.1) is 0 Å². The molecule has 0 fully saturated rings. The van der Waals surface area contributed by atoms with Crippen molar-refractivity contribution in [2.75, 3.05) is 0 Å². The maximum atomic E-state index is 10.4. The second kappa shape index (κ2) is 5.43. The summed E-state index contributed by atoms with van der Waals surface area (Å²) in [4.78, 5) is 10.4. The van der Waals surface area contributed by atoms with E-state index in [0.29, 0.717) is 0 Å². The summed E-state index contributed by atoms with van der Waals surface area (Å²) in [7, 11) is 0. The van der Waals surface area contributed by atoms with Crippen LogP contribution in [0, 0.1) is 0 Å². The summed E-state index contributed by atoms with van der Waals surface area (Å²) in [5.74, 6) is 0. The molecule has 0 saturated carbocycles. The van der Waals surface area contributed by atoms with Crippen LogP contribution in [0.2, 0.25) is 0 Å². The predicted molar refractivity (Wildman–Crippen MR) is 68.7 cm³/mol. The molecule has 0 spiro atoms. The lowest BCUT2D eigenvalue weighted by atomic mass is 9.96. The standard InChI is InChI=1S/C14H16N2O/c1-2-6-14-13-8-4-3-7-12(13)11-15-16(14)9-5-10-17/h3-5,7-11,14H,2,6H2,1H3/b9-5+. The molecular weight excluding hydrogens is 212 g/mol. The van der Waals surface area contributed by atoms with Crippen LogP contribution >= 0.6 is 0 Å². The van der Waals surface area contributed by atoms with Crippen molar-refractivity contribution in [1.29, 1.82) is 0 Å². The molecule has 1 aliphatic rings. The van der Waals surface area contributed by atoms with E-state index >= 15 is 0 Å². The molecule has 0 aromatic heterocycles. The number of nitrogens with zero attached hydrogens (tertiary/aromatic N) is 2. The topological polar surface area (TPSA) is 32.7 Å². The average molecular weight is 228 g/mol. The van der Waals surface area contributed by atoms with Crippen molar-refractivity contribution in [2.45, 2.75) is 25.8 Å². The van der Waals surface area contributed by atoms with Gasteiger partial charge < -0.3 is 0 Å². The third-order valence-electron chi connectivity index (χ3n) is 2.88. The minimum absolute atomic E-state index is 0.234. The Labute approximate surface area is 101 Å². The van der Waals surface area contributed by atoms with Gasteiger partial charge in [-0.2, -0.15) is 5.10 Å². The highest BCUT2D eigenvalue weighted by Gasteiger charge is 2.21. The van der Waals surface area contributed by atoms with Crippen molar-refractivity contribution < 1.29 is 4.79 Å². The van der Waals surface area contributed by atoms with E-state index in [1.807, 2.05) is 23.4 Å². The maximum absolute atomic E-state index is 10.4. The molecular formula is C14H16N2O. The van der Waals surface area contributed by atoms with E-state index in [0.717, 1.165) is 19.1 Å². The number of aldehydes is 1. The Morgan fingerprint density at radius 1 is 1.41 bits per heavy atom. The van der Waals surface area contributed by atoms with Crippen LogP contribution in [-0.4, -0.2) is 17.5 Å². The van der Waals surface area contributed by atoms with Crippen molar-refractivity contribution in [1.82, 2.24) is 5.01 Å². The van der Waals surface area contributed by atoms with Crippen molar-refractivity contribution in [2.24, 2.45) is 5.10 Å². The Hall–Kier alpha value is -1.90. The summed E-state index contributed by atoms with van der Waals surface area (Å²) in [6.07, 6.45) is 7.95. The number of rotatable bonds is 4. The monoisotopic (exact) mass is 228 g/mol. The van der Waals surface area contributed by atoms with Gasteiger partial charge in [0.1, 0.15) is 6.29 Å². The highest BCUT2D eigenvalue weighted by molar-refractivity contribution is 5.83. The molecule has 2 rings (SSSR count). The predicted octanol–water partition coefficient (Wildman–Crippen LogP) is 2.89. The third kappa shape index (κ3) is 2.44. The zero-order valence-electron chi connectivity index (χ0n) is 9.91. The lowest BCUT2D eigenvalue weighted by Gasteiger charge is -2.30. The van der Waals surface area contributed by atoms with Gasteiger partial charge in [0.05, 0.1) is 12.3 Å². The Morgan fingerprint density at radius 3 is 3.00 bits per heavy atom. The molecule has 17 heavy (non-hydrogen) atoms. The van der Waals surface area contributed by atoms with Crippen molar-refractivity contribution in [3.8, 4) is 0 Å². The lowest BCUT2D eigenvalue weighted by molar-refractivity contribution is -0.104. The fraction of sp³-hybridized carbons (Fsp3) is 0.286. The first-order valence-electron chi connectivity index (χ1n) is 5.90. The average Bonchev–Trinajstić information content (AvgIpc) is 2.38. The molecule has 88 valence electrons. The summed E-state index contributed by atoms with van der Waals surface area (Å²) in [5, 5.41) is 6.23. The molecule has 1 heterocycles. The fourth-order valence-electron chi connectivity index (χ4n) is 2.11. The Morgan fingerprint density at radius 2 is 2.24 bits per heavy atom. The summed E-state index contributed by atoms with van der Waals surface area (Å²) < 4.78 is 0. The molecule has 3 heteroatoms. The molecule has 1 aromatic rings. The van der Waals surface area contributed by atoms with Gasteiger partial charge in [0.2, 0.25) is 0 Å². The van der Waals surface area contributed by atoms with E-state index in [9.17, 15) is 4.79 Å². The van der Waals surface area contributed by atoms with Gasteiger partial charge in [-0.3, -0.25) is 9.80 Å². The first-order chi connectivity index (χ1) is 8.36. The normalized spacial score (nSPS) is 18.4. The number of hydrazone groups is 1. The van der Waals surface area contributed by atoms with Crippen LogP contribution in [0.5, 0.6) is 0 Å². The minimum atomic E-state index is 0.234. The van der Waals surface area contributed by atoms with E-state index in [1.54, 1.807) is 6.20 Å². The summed E-state index contributed by atoms with van der Waals surface area (Å²) >= 11 is 0. The SMILES string of the molecule is CCCC1c2ccccc2C=NN1/C=C/C=O. The summed E-state index contributed by atoms with van der Waals surface area (Å²) in [5.41, 5.74) is 2.45. The molecule has 1 unspecified atom stereocenters. The minimum Gasteiger partial charge on any atom is -0.299 e. The Bertz CT molecular complexity index is 451. The van der Waals surface area contributed by atoms with Gasteiger partial charge in [0.25, 0.3) is 0 Å². The lowest BCUT2D eigenvalue weighted by Crippen LogP contribution is -2.23.